The highest BCUT2D eigenvalue weighted by atomic mass is 16.6. The number of carbonyl (C=O) groups is 2. The minimum atomic E-state index is -1.08. The van der Waals surface area contributed by atoms with E-state index >= 15 is 0 Å². The fourth-order valence-electron chi connectivity index (χ4n) is 1.73. The van der Waals surface area contributed by atoms with Gasteiger partial charge in [-0.25, -0.2) is 14.6 Å². The molecule has 2 N–H and O–H groups in total. The third kappa shape index (κ3) is 3.95. The average Bonchev–Trinajstić information content (AvgIpc) is 2.77. The summed E-state index contributed by atoms with van der Waals surface area (Å²) in [5.41, 5.74) is 0.776. The molecule has 0 aromatic carbocycles. The Hall–Kier alpha value is -2.57. The van der Waals surface area contributed by atoms with Gasteiger partial charge in [0.2, 0.25) is 0 Å². The van der Waals surface area contributed by atoms with Crippen LogP contribution in [0.1, 0.15) is 36.8 Å². The van der Waals surface area contributed by atoms with E-state index in [9.17, 15) is 9.59 Å². The Morgan fingerprint density at radius 3 is 2.67 bits per heavy atom. The Kier molecular flexibility index (Phi) is 3.84. The molecular formula is C14H17N3O4. The number of amides is 1. The van der Waals surface area contributed by atoms with Crippen molar-refractivity contribution < 1.29 is 19.4 Å². The van der Waals surface area contributed by atoms with E-state index in [0.29, 0.717) is 5.65 Å². The van der Waals surface area contributed by atoms with Crippen LogP contribution in [0.25, 0.3) is 5.65 Å². The number of alkyl carbamates (subject to hydrolysis) is 1. The van der Waals surface area contributed by atoms with Crippen molar-refractivity contribution in [2.24, 2.45) is 0 Å². The third-order valence-corrected chi connectivity index (χ3v) is 2.57. The first-order valence-corrected chi connectivity index (χ1v) is 6.42. The highest BCUT2D eigenvalue weighted by Crippen LogP contribution is 2.09. The third-order valence-electron chi connectivity index (χ3n) is 2.57. The predicted octanol–water partition coefficient (Wildman–Crippen LogP) is 2.06. The minimum absolute atomic E-state index is 0.0211. The van der Waals surface area contributed by atoms with Crippen molar-refractivity contribution in [3.05, 3.63) is 35.8 Å². The Morgan fingerprint density at radius 1 is 1.33 bits per heavy atom. The summed E-state index contributed by atoms with van der Waals surface area (Å²) < 4.78 is 6.74. The maximum absolute atomic E-state index is 11.6. The zero-order valence-electron chi connectivity index (χ0n) is 12.1. The summed E-state index contributed by atoms with van der Waals surface area (Å²) in [6.45, 7) is 5.65. The van der Waals surface area contributed by atoms with Crippen molar-refractivity contribution in [3.8, 4) is 0 Å². The number of rotatable bonds is 3. The Morgan fingerprint density at radius 2 is 2.05 bits per heavy atom. The lowest BCUT2D eigenvalue weighted by molar-refractivity contribution is 0.0523. The molecule has 2 aromatic heterocycles. The Labute approximate surface area is 121 Å². The number of fused-ring (bicyclic) bond motifs is 1. The standard InChI is InChI=1S/C14H17N3O4/c1-14(2,3)21-13(20)15-6-9-4-5-11-16-10(12(18)19)8-17(11)7-9/h4-5,7-8H,6H2,1-3H3,(H,15,20)(H,18,19). The van der Waals surface area contributed by atoms with Gasteiger partial charge in [0, 0.05) is 18.9 Å². The summed E-state index contributed by atoms with van der Waals surface area (Å²) in [5.74, 6) is -1.08. The molecule has 0 atom stereocenters. The molecule has 0 aliphatic rings. The Bertz CT molecular complexity index is 685. The molecular weight excluding hydrogens is 274 g/mol. The van der Waals surface area contributed by atoms with E-state index in [1.54, 1.807) is 43.5 Å². The number of pyridine rings is 1. The lowest BCUT2D eigenvalue weighted by atomic mass is 10.2. The fraction of sp³-hybridized carbons (Fsp3) is 0.357. The number of ether oxygens (including phenoxy) is 1. The molecule has 0 saturated carbocycles. The van der Waals surface area contributed by atoms with Gasteiger partial charge in [-0.1, -0.05) is 6.07 Å². The lowest BCUT2D eigenvalue weighted by Crippen LogP contribution is -2.32. The van der Waals surface area contributed by atoms with Crippen LogP contribution in [0.15, 0.2) is 24.5 Å². The van der Waals surface area contributed by atoms with Crippen LogP contribution in [0.3, 0.4) is 0 Å². The largest absolute Gasteiger partial charge is 0.476 e. The van der Waals surface area contributed by atoms with Gasteiger partial charge in [-0.3, -0.25) is 0 Å². The maximum atomic E-state index is 11.6. The molecule has 2 rings (SSSR count). The lowest BCUT2D eigenvalue weighted by Gasteiger charge is -2.19. The van der Waals surface area contributed by atoms with Crippen LogP contribution in [-0.2, 0) is 11.3 Å². The van der Waals surface area contributed by atoms with Crippen LogP contribution in [0.5, 0.6) is 0 Å². The first-order chi connectivity index (χ1) is 9.74. The molecule has 0 fully saturated rings. The second-order valence-electron chi connectivity index (χ2n) is 5.59. The smallest absolute Gasteiger partial charge is 0.407 e. The SMILES string of the molecule is CC(C)(C)OC(=O)NCc1ccc2nc(C(=O)O)cn2c1. The van der Waals surface area contributed by atoms with Crippen molar-refractivity contribution in [1.29, 1.82) is 0 Å². The van der Waals surface area contributed by atoms with Crippen LogP contribution in [0.4, 0.5) is 4.79 Å². The summed E-state index contributed by atoms with van der Waals surface area (Å²) in [7, 11) is 0. The predicted molar refractivity (Wildman–Crippen MR) is 75.2 cm³/mol. The van der Waals surface area contributed by atoms with E-state index in [-0.39, 0.29) is 12.2 Å². The van der Waals surface area contributed by atoms with E-state index in [2.05, 4.69) is 10.3 Å². The number of carbonyl (C=O) groups excluding carboxylic acids is 1. The number of aromatic nitrogens is 2. The van der Waals surface area contributed by atoms with Gasteiger partial charge in [0.15, 0.2) is 5.69 Å². The summed E-state index contributed by atoms with van der Waals surface area (Å²) in [4.78, 5) is 26.4. The molecule has 7 nitrogen and oxygen atoms in total. The maximum Gasteiger partial charge on any atom is 0.407 e. The molecule has 0 bridgehead atoms. The van der Waals surface area contributed by atoms with Crippen molar-refractivity contribution in [2.75, 3.05) is 0 Å². The molecule has 2 aromatic rings. The molecule has 1 amide bonds. The summed E-state index contributed by atoms with van der Waals surface area (Å²) in [6.07, 6.45) is 2.64. The van der Waals surface area contributed by atoms with Gasteiger partial charge < -0.3 is 19.6 Å². The van der Waals surface area contributed by atoms with Crippen LogP contribution in [0, 0.1) is 0 Å². The van der Waals surface area contributed by atoms with E-state index in [1.165, 1.54) is 6.20 Å². The number of hydrogen-bond donors (Lipinski definition) is 2. The number of aromatic carboxylic acids is 1. The van der Waals surface area contributed by atoms with Crippen molar-refractivity contribution in [2.45, 2.75) is 32.9 Å². The Balaban J connectivity index is 2.06. The number of nitrogens with one attached hydrogen (secondary N) is 1. The number of hydrogen-bond acceptors (Lipinski definition) is 4. The molecule has 0 spiro atoms. The van der Waals surface area contributed by atoms with Crippen molar-refractivity contribution >= 4 is 17.7 Å². The molecule has 0 aliphatic carbocycles. The quantitative estimate of drug-likeness (QED) is 0.902. The van der Waals surface area contributed by atoms with Gasteiger partial charge in [-0.05, 0) is 32.4 Å². The van der Waals surface area contributed by atoms with Crippen molar-refractivity contribution in [1.82, 2.24) is 14.7 Å². The van der Waals surface area contributed by atoms with Crippen LogP contribution in [0.2, 0.25) is 0 Å². The second-order valence-corrected chi connectivity index (χ2v) is 5.59. The number of carboxylic acids is 1. The second kappa shape index (κ2) is 5.43. The van der Waals surface area contributed by atoms with Gasteiger partial charge in [-0.15, -0.1) is 0 Å². The first kappa shape index (κ1) is 14.8. The van der Waals surface area contributed by atoms with Gasteiger partial charge >= 0.3 is 12.1 Å². The number of nitrogens with zero attached hydrogens (tertiary/aromatic N) is 2. The van der Waals surface area contributed by atoms with E-state index < -0.39 is 17.7 Å². The van der Waals surface area contributed by atoms with E-state index in [1.807, 2.05) is 0 Å². The monoisotopic (exact) mass is 291 g/mol. The van der Waals surface area contributed by atoms with Crippen LogP contribution >= 0.6 is 0 Å². The molecule has 21 heavy (non-hydrogen) atoms. The van der Waals surface area contributed by atoms with Gasteiger partial charge in [-0.2, -0.15) is 0 Å². The summed E-state index contributed by atoms with van der Waals surface area (Å²) in [6, 6.07) is 3.46. The summed E-state index contributed by atoms with van der Waals surface area (Å²) in [5, 5.41) is 11.5. The fourth-order valence-corrected chi connectivity index (χ4v) is 1.73. The topological polar surface area (TPSA) is 92.9 Å². The average molecular weight is 291 g/mol. The van der Waals surface area contributed by atoms with Gasteiger partial charge in [0.1, 0.15) is 11.2 Å². The molecule has 112 valence electrons. The molecule has 2 heterocycles. The molecule has 0 saturated heterocycles. The number of carboxylic acid groups (broad SMARTS) is 1. The van der Waals surface area contributed by atoms with Crippen molar-refractivity contribution in [3.63, 3.8) is 0 Å². The highest BCUT2D eigenvalue weighted by Gasteiger charge is 2.15. The molecule has 0 unspecified atom stereocenters. The van der Waals surface area contributed by atoms with Gasteiger partial charge in [0.05, 0.1) is 0 Å². The minimum Gasteiger partial charge on any atom is -0.476 e. The summed E-state index contributed by atoms with van der Waals surface area (Å²) >= 11 is 0. The van der Waals surface area contributed by atoms with E-state index in [0.717, 1.165) is 5.56 Å². The zero-order valence-corrected chi connectivity index (χ0v) is 12.1. The zero-order chi connectivity index (χ0) is 15.6. The van der Waals surface area contributed by atoms with E-state index in [4.69, 9.17) is 9.84 Å². The van der Waals surface area contributed by atoms with Gasteiger partial charge in [0.25, 0.3) is 0 Å². The molecule has 0 aliphatic heterocycles. The highest BCUT2D eigenvalue weighted by molar-refractivity contribution is 5.86. The first-order valence-electron chi connectivity index (χ1n) is 6.42. The normalized spacial score (nSPS) is 11.4. The van der Waals surface area contributed by atoms with Crippen LogP contribution < -0.4 is 5.32 Å². The molecule has 0 radical (unpaired) electrons. The van der Waals surface area contributed by atoms with Crippen LogP contribution in [-0.4, -0.2) is 32.2 Å². The molecule has 7 heteroatoms. The number of imidazole rings is 1.